The zero-order chi connectivity index (χ0) is 24.8. The summed E-state index contributed by atoms with van der Waals surface area (Å²) in [4.78, 5) is 24.8. The number of rotatable bonds is 7. The van der Waals surface area contributed by atoms with Crippen LogP contribution in [0.3, 0.4) is 0 Å². The molecule has 8 heteroatoms. The van der Waals surface area contributed by atoms with Crippen LogP contribution in [0.1, 0.15) is 47.2 Å². The molecule has 2 amide bonds. The molecule has 3 aromatic carbocycles. The van der Waals surface area contributed by atoms with Crippen LogP contribution in [0.2, 0.25) is 0 Å². The van der Waals surface area contributed by atoms with Crippen LogP contribution in [0.4, 0.5) is 13.2 Å². The molecule has 1 saturated carbocycles. The van der Waals surface area contributed by atoms with Crippen molar-refractivity contribution in [1.82, 2.24) is 16.0 Å². The molecule has 4 rings (SSSR count). The van der Waals surface area contributed by atoms with Crippen LogP contribution in [0.25, 0.3) is 10.8 Å². The van der Waals surface area contributed by atoms with Gasteiger partial charge in [-0.1, -0.05) is 55.3 Å². The van der Waals surface area contributed by atoms with Gasteiger partial charge in [0.2, 0.25) is 5.91 Å². The third kappa shape index (κ3) is 6.60. The third-order valence-electron chi connectivity index (χ3n) is 6.36. The molecule has 5 nitrogen and oxygen atoms in total. The smallest absolute Gasteiger partial charge is 0.350 e. The van der Waals surface area contributed by atoms with E-state index in [-0.39, 0.29) is 30.1 Å². The Labute approximate surface area is 202 Å². The minimum atomic E-state index is -4.54. The fourth-order valence-electron chi connectivity index (χ4n) is 4.50. The van der Waals surface area contributed by atoms with Gasteiger partial charge < -0.3 is 16.0 Å². The number of amides is 2. The molecule has 0 aromatic heterocycles. The van der Waals surface area contributed by atoms with Gasteiger partial charge in [0.1, 0.15) is 0 Å². The topological polar surface area (TPSA) is 70.2 Å². The van der Waals surface area contributed by atoms with E-state index in [1.807, 2.05) is 12.1 Å². The highest BCUT2D eigenvalue weighted by molar-refractivity contribution is 5.96. The molecular weight excluding hydrogens is 455 g/mol. The van der Waals surface area contributed by atoms with E-state index < -0.39 is 17.6 Å². The van der Waals surface area contributed by atoms with Crippen LogP contribution >= 0.6 is 0 Å². The van der Waals surface area contributed by atoms with Crippen LogP contribution in [0, 0.1) is 0 Å². The number of benzene rings is 3. The van der Waals surface area contributed by atoms with Gasteiger partial charge in [-0.3, -0.25) is 9.59 Å². The molecule has 0 saturated heterocycles. The SMILES string of the molecule is O=C(CNC(=O)c1cccc(C(F)(F)F)c1)N[C@@H]1CCCC[C@@H]1NCc1ccc2ccccc2c1. The van der Waals surface area contributed by atoms with Gasteiger partial charge in [-0.05, 0) is 53.4 Å². The highest BCUT2D eigenvalue weighted by Gasteiger charge is 2.31. The van der Waals surface area contributed by atoms with Gasteiger partial charge in [0.05, 0.1) is 12.1 Å². The van der Waals surface area contributed by atoms with E-state index in [1.54, 1.807) is 0 Å². The molecule has 1 aliphatic rings. The number of fused-ring (bicyclic) bond motifs is 1. The molecule has 2 atom stereocenters. The van der Waals surface area contributed by atoms with Crippen LogP contribution in [0.5, 0.6) is 0 Å². The van der Waals surface area contributed by atoms with Crippen molar-refractivity contribution in [1.29, 1.82) is 0 Å². The Kier molecular flexibility index (Phi) is 7.70. The lowest BCUT2D eigenvalue weighted by atomic mass is 9.90. The van der Waals surface area contributed by atoms with E-state index in [4.69, 9.17) is 0 Å². The monoisotopic (exact) mass is 483 g/mol. The van der Waals surface area contributed by atoms with E-state index in [0.717, 1.165) is 43.4 Å². The lowest BCUT2D eigenvalue weighted by molar-refractivity contribution is -0.137. The second-order valence-corrected chi connectivity index (χ2v) is 8.89. The second kappa shape index (κ2) is 10.9. The summed E-state index contributed by atoms with van der Waals surface area (Å²) in [5, 5.41) is 11.3. The lowest BCUT2D eigenvalue weighted by Gasteiger charge is -2.33. The van der Waals surface area contributed by atoms with E-state index in [0.29, 0.717) is 6.54 Å². The Morgan fingerprint density at radius 3 is 2.37 bits per heavy atom. The summed E-state index contributed by atoms with van der Waals surface area (Å²) in [6.07, 6.45) is -0.731. The molecule has 1 fully saturated rings. The number of hydrogen-bond donors (Lipinski definition) is 3. The fourth-order valence-corrected chi connectivity index (χ4v) is 4.50. The highest BCUT2D eigenvalue weighted by atomic mass is 19.4. The maximum atomic E-state index is 12.9. The summed E-state index contributed by atoms with van der Waals surface area (Å²) in [5.41, 5.74) is 0.116. The summed E-state index contributed by atoms with van der Waals surface area (Å²) >= 11 is 0. The van der Waals surface area contributed by atoms with Gasteiger partial charge in [-0.15, -0.1) is 0 Å². The molecule has 184 valence electrons. The first-order valence-corrected chi connectivity index (χ1v) is 11.8. The fraction of sp³-hybridized carbons (Fsp3) is 0.333. The summed E-state index contributed by atoms with van der Waals surface area (Å²) < 4.78 is 38.6. The van der Waals surface area contributed by atoms with Gasteiger partial charge in [-0.25, -0.2) is 0 Å². The largest absolute Gasteiger partial charge is 0.416 e. The summed E-state index contributed by atoms with van der Waals surface area (Å²) in [6.45, 7) is 0.372. The Balaban J connectivity index is 1.29. The third-order valence-corrected chi connectivity index (χ3v) is 6.36. The van der Waals surface area contributed by atoms with Gasteiger partial charge in [0, 0.05) is 24.2 Å². The average molecular weight is 484 g/mol. The van der Waals surface area contributed by atoms with Gasteiger partial charge in [-0.2, -0.15) is 13.2 Å². The van der Waals surface area contributed by atoms with Crippen molar-refractivity contribution in [2.24, 2.45) is 0 Å². The molecule has 0 aliphatic heterocycles. The molecule has 0 unspecified atom stereocenters. The maximum absolute atomic E-state index is 12.9. The first kappa shape index (κ1) is 24.7. The van der Waals surface area contributed by atoms with Crippen LogP contribution < -0.4 is 16.0 Å². The lowest BCUT2D eigenvalue weighted by Crippen LogP contribution is -2.53. The van der Waals surface area contributed by atoms with Crippen molar-refractivity contribution in [3.8, 4) is 0 Å². The Hall–Kier alpha value is -3.39. The Morgan fingerprint density at radius 1 is 0.857 bits per heavy atom. The summed E-state index contributed by atoms with van der Waals surface area (Å²) in [7, 11) is 0. The standard InChI is InChI=1S/C27H28F3N3O2/c28-27(29,30)22-9-5-8-21(15-22)26(35)32-17-25(34)33-24-11-4-3-10-23(24)31-16-18-12-13-19-6-1-2-7-20(19)14-18/h1-2,5-9,12-15,23-24,31H,3-4,10-11,16-17H2,(H,32,35)(H,33,34)/t23-,24+/m0/s1. The quantitative estimate of drug-likeness (QED) is 0.452. The molecule has 0 bridgehead atoms. The van der Waals surface area contributed by atoms with Crippen LogP contribution in [0.15, 0.2) is 66.7 Å². The summed E-state index contributed by atoms with van der Waals surface area (Å²) in [6, 6.07) is 18.7. The van der Waals surface area contributed by atoms with Crippen LogP contribution in [-0.4, -0.2) is 30.4 Å². The molecule has 3 N–H and O–H groups in total. The number of carbonyl (C=O) groups is 2. The predicted octanol–water partition coefficient (Wildman–Crippen LogP) is 4.81. The van der Waals surface area contributed by atoms with Crippen molar-refractivity contribution in [2.45, 2.75) is 50.5 Å². The average Bonchev–Trinajstić information content (AvgIpc) is 2.86. The maximum Gasteiger partial charge on any atom is 0.416 e. The molecule has 0 radical (unpaired) electrons. The number of alkyl halides is 3. The summed E-state index contributed by atoms with van der Waals surface area (Å²) in [5.74, 6) is -1.09. The van der Waals surface area contributed by atoms with E-state index >= 15 is 0 Å². The predicted molar refractivity (Wildman–Crippen MR) is 129 cm³/mol. The van der Waals surface area contributed by atoms with Crippen LogP contribution in [-0.2, 0) is 17.5 Å². The van der Waals surface area contributed by atoms with E-state index in [9.17, 15) is 22.8 Å². The normalized spacial score (nSPS) is 18.3. The number of halogens is 3. The minimum absolute atomic E-state index is 0.0813. The van der Waals surface area contributed by atoms with Crippen molar-refractivity contribution in [2.75, 3.05) is 6.54 Å². The molecule has 0 heterocycles. The first-order chi connectivity index (χ1) is 16.8. The van der Waals surface area contributed by atoms with Crippen molar-refractivity contribution in [3.63, 3.8) is 0 Å². The molecular formula is C27H28F3N3O2. The molecule has 0 spiro atoms. The zero-order valence-electron chi connectivity index (χ0n) is 19.2. The number of nitrogens with one attached hydrogen (secondary N) is 3. The second-order valence-electron chi connectivity index (χ2n) is 8.89. The van der Waals surface area contributed by atoms with E-state index in [1.165, 1.54) is 22.9 Å². The molecule has 3 aromatic rings. The van der Waals surface area contributed by atoms with E-state index in [2.05, 4.69) is 46.3 Å². The van der Waals surface area contributed by atoms with Gasteiger partial charge in [0.25, 0.3) is 5.91 Å². The zero-order valence-corrected chi connectivity index (χ0v) is 19.2. The van der Waals surface area contributed by atoms with Crippen molar-refractivity contribution < 1.29 is 22.8 Å². The Morgan fingerprint density at radius 2 is 1.60 bits per heavy atom. The first-order valence-electron chi connectivity index (χ1n) is 11.8. The van der Waals surface area contributed by atoms with Crippen molar-refractivity contribution >= 4 is 22.6 Å². The van der Waals surface area contributed by atoms with Crippen molar-refractivity contribution in [3.05, 3.63) is 83.4 Å². The molecule has 1 aliphatic carbocycles. The number of carbonyl (C=O) groups excluding carboxylic acids is 2. The van der Waals surface area contributed by atoms with Gasteiger partial charge in [0.15, 0.2) is 0 Å². The minimum Gasteiger partial charge on any atom is -0.350 e. The Bertz CT molecular complexity index is 1200. The highest BCUT2D eigenvalue weighted by Crippen LogP contribution is 2.29. The number of hydrogen-bond acceptors (Lipinski definition) is 3. The van der Waals surface area contributed by atoms with Gasteiger partial charge >= 0.3 is 6.18 Å². The molecule has 35 heavy (non-hydrogen) atoms.